The van der Waals surface area contributed by atoms with Gasteiger partial charge in [-0.3, -0.25) is 9.69 Å². The number of aryl methyl sites for hydroxylation is 2. The summed E-state index contributed by atoms with van der Waals surface area (Å²) < 4.78 is 5.10. The zero-order valence-electron chi connectivity index (χ0n) is 10.6. The summed E-state index contributed by atoms with van der Waals surface area (Å²) in [5, 5.41) is 6.88. The SMILES string of the molecule is Cc1noc(C)c1CN(C)CC(=O)NC1CC1. The number of hydrogen-bond donors (Lipinski definition) is 1. The summed E-state index contributed by atoms with van der Waals surface area (Å²) in [7, 11) is 1.93. The van der Waals surface area contributed by atoms with E-state index in [0.29, 0.717) is 19.1 Å². The standard InChI is InChI=1S/C12H19N3O2/c1-8-11(9(2)17-14-8)6-15(3)7-12(16)13-10-4-5-10/h10H,4-7H2,1-3H3,(H,13,16). The molecule has 0 aliphatic heterocycles. The van der Waals surface area contributed by atoms with Crippen molar-refractivity contribution in [2.45, 2.75) is 39.3 Å². The molecule has 1 aliphatic carbocycles. The molecule has 1 fully saturated rings. The Morgan fingerprint density at radius 1 is 1.53 bits per heavy atom. The summed E-state index contributed by atoms with van der Waals surface area (Å²) in [4.78, 5) is 13.6. The number of nitrogens with zero attached hydrogens (tertiary/aromatic N) is 2. The van der Waals surface area contributed by atoms with E-state index in [2.05, 4.69) is 10.5 Å². The molecule has 0 aromatic carbocycles. The maximum absolute atomic E-state index is 11.6. The summed E-state index contributed by atoms with van der Waals surface area (Å²) in [5.41, 5.74) is 1.98. The second-order valence-corrected chi connectivity index (χ2v) is 4.82. The van der Waals surface area contributed by atoms with Crippen LogP contribution in [-0.4, -0.2) is 35.6 Å². The first kappa shape index (κ1) is 12.1. The van der Waals surface area contributed by atoms with Crippen molar-refractivity contribution in [2.75, 3.05) is 13.6 Å². The lowest BCUT2D eigenvalue weighted by Gasteiger charge is -2.15. The highest BCUT2D eigenvalue weighted by Gasteiger charge is 2.23. The Morgan fingerprint density at radius 2 is 2.24 bits per heavy atom. The fourth-order valence-corrected chi connectivity index (χ4v) is 1.80. The Balaban J connectivity index is 1.83. The molecule has 0 spiro atoms. The van der Waals surface area contributed by atoms with Crippen molar-refractivity contribution < 1.29 is 9.32 Å². The van der Waals surface area contributed by atoms with E-state index in [1.54, 1.807) is 0 Å². The summed E-state index contributed by atoms with van der Waals surface area (Å²) >= 11 is 0. The van der Waals surface area contributed by atoms with Gasteiger partial charge in [0.2, 0.25) is 5.91 Å². The Hall–Kier alpha value is -1.36. The zero-order valence-corrected chi connectivity index (χ0v) is 10.6. The molecule has 5 nitrogen and oxygen atoms in total. The summed E-state index contributed by atoms with van der Waals surface area (Å²) in [6.07, 6.45) is 2.25. The van der Waals surface area contributed by atoms with Crippen molar-refractivity contribution in [3.05, 3.63) is 17.0 Å². The van der Waals surface area contributed by atoms with E-state index in [0.717, 1.165) is 29.9 Å². The van der Waals surface area contributed by atoms with Crippen LogP contribution in [0.15, 0.2) is 4.52 Å². The quantitative estimate of drug-likeness (QED) is 0.830. The third-order valence-electron chi connectivity index (χ3n) is 2.97. The molecule has 1 heterocycles. The van der Waals surface area contributed by atoms with Gasteiger partial charge in [-0.1, -0.05) is 5.16 Å². The lowest BCUT2D eigenvalue weighted by atomic mass is 10.2. The minimum Gasteiger partial charge on any atom is -0.361 e. The van der Waals surface area contributed by atoms with Gasteiger partial charge in [0.15, 0.2) is 0 Å². The van der Waals surface area contributed by atoms with Gasteiger partial charge in [-0.05, 0) is 33.7 Å². The molecule has 1 N–H and O–H groups in total. The van der Waals surface area contributed by atoms with Gasteiger partial charge in [-0.25, -0.2) is 0 Å². The fraction of sp³-hybridized carbons (Fsp3) is 0.667. The van der Waals surface area contributed by atoms with Gasteiger partial charge in [-0.2, -0.15) is 0 Å². The number of amides is 1. The molecule has 1 amide bonds. The lowest BCUT2D eigenvalue weighted by molar-refractivity contribution is -0.122. The molecular weight excluding hydrogens is 218 g/mol. The van der Waals surface area contributed by atoms with Crippen LogP contribution in [0, 0.1) is 13.8 Å². The number of nitrogens with one attached hydrogen (secondary N) is 1. The van der Waals surface area contributed by atoms with Gasteiger partial charge in [0.25, 0.3) is 0 Å². The van der Waals surface area contributed by atoms with Gasteiger partial charge in [0, 0.05) is 18.2 Å². The number of likely N-dealkylation sites (N-methyl/N-ethyl adjacent to an activating group) is 1. The Kier molecular flexibility index (Phi) is 3.47. The van der Waals surface area contributed by atoms with Crippen molar-refractivity contribution in [3.63, 3.8) is 0 Å². The van der Waals surface area contributed by atoms with E-state index >= 15 is 0 Å². The lowest BCUT2D eigenvalue weighted by Crippen LogP contribution is -2.36. The molecule has 1 saturated carbocycles. The fourth-order valence-electron chi connectivity index (χ4n) is 1.80. The van der Waals surface area contributed by atoms with Crippen LogP contribution in [0.5, 0.6) is 0 Å². The van der Waals surface area contributed by atoms with Crippen LogP contribution in [0.4, 0.5) is 0 Å². The summed E-state index contributed by atoms with van der Waals surface area (Å²) in [5.74, 6) is 0.929. The molecule has 0 radical (unpaired) electrons. The monoisotopic (exact) mass is 237 g/mol. The number of rotatable bonds is 5. The minimum absolute atomic E-state index is 0.0989. The van der Waals surface area contributed by atoms with Gasteiger partial charge in [0.05, 0.1) is 12.2 Å². The first-order valence-electron chi connectivity index (χ1n) is 5.96. The van der Waals surface area contributed by atoms with Crippen molar-refractivity contribution in [3.8, 4) is 0 Å². The number of carbonyl (C=O) groups is 1. The normalized spacial score (nSPS) is 15.3. The molecule has 1 aromatic rings. The van der Waals surface area contributed by atoms with E-state index in [9.17, 15) is 4.79 Å². The highest BCUT2D eigenvalue weighted by atomic mass is 16.5. The first-order chi connectivity index (χ1) is 8.06. The van der Waals surface area contributed by atoms with Crippen molar-refractivity contribution in [2.24, 2.45) is 0 Å². The Morgan fingerprint density at radius 3 is 2.76 bits per heavy atom. The molecule has 0 unspecified atom stereocenters. The largest absolute Gasteiger partial charge is 0.361 e. The molecule has 17 heavy (non-hydrogen) atoms. The van der Waals surface area contributed by atoms with Crippen LogP contribution in [0.3, 0.4) is 0 Å². The van der Waals surface area contributed by atoms with Gasteiger partial charge >= 0.3 is 0 Å². The average molecular weight is 237 g/mol. The maximum atomic E-state index is 11.6. The van der Waals surface area contributed by atoms with Gasteiger partial charge in [0.1, 0.15) is 5.76 Å². The zero-order chi connectivity index (χ0) is 12.4. The number of hydrogen-bond acceptors (Lipinski definition) is 4. The molecule has 2 rings (SSSR count). The van der Waals surface area contributed by atoms with E-state index in [1.165, 1.54) is 0 Å². The predicted molar refractivity (Wildman–Crippen MR) is 63.5 cm³/mol. The molecule has 5 heteroatoms. The minimum atomic E-state index is 0.0989. The third-order valence-corrected chi connectivity index (χ3v) is 2.97. The first-order valence-corrected chi connectivity index (χ1v) is 5.96. The van der Waals surface area contributed by atoms with Crippen molar-refractivity contribution in [1.82, 2.24) is 15.4 Å². The maximum Gasteiger partial charge on any atom is 0.234 e. The number of aromatic nitrogens is 1. The average Bonchev–Trinajstić information content (AvgIpc) is 3.00. The Labute approximate surface area is 101 Å². The second kappa shape index (κ2) is 4.87. The van der Waals surface area contributed by atoms with Crippen LogP contribution in [0.1, 0.15) is 29.9 Å². The molecular formula is C12H19N3O2. The van der Waals surface area contributed by atoms with Crippen LogP contribution in [0.25, 0.3) is 0 Å². The molecule has 1 aromatic heterocycles. The highest BCUT2D eigenvalue weighted by Crippen LogP contribution is 2.18. The van der Waals surface area contributed by atoms with Gasteiger partial charge in [-0.15, -0.1) is 0 Å². The van der Waals surface area contributed by atoms with Crippen molar-refractivity contribution >= 4 is 5.91 Å². The summed E-state index contributed by atoms with van der Waals surface area (Å²) in [6, 6.07) is 0.426. The Bertz CT molecular complexity index is 390. The number of carbonyl (C=O) groups excluding carboxylic acids is 1. The second-order valence-electron chi connectivity index (χ2n) is 4.82. The molecule has 0 saturated heterocycles. The van der Waals surface area contributed by atoms with E-state index in [1.807, 2.05) is 25.8 Å². The highest BCUT2D eigenvalue weighted by molar-refractivity contribution is 5.78. The van der Waals surface area contributed by atoms with E-state index in [4.69, 9.17) is 4.52 Å². The van der Waals surface area contributed by atoms with E-state index < -0.39 is 0 Å². The van der Waals surface area contributed by atoms with Crippen LogP contribution >= 0.6 is 0 Å². The molecule has 0 bridgehead atoms. The van der Waals surface area contributed by atoms with E-state index in [-0.39, 0.29) is 5.91 Å². The predicted octanol–water partition coefficient (Wildman–Crippen LogP) is 1.00. The summed E-state index contributed by atoms with van der Waals surface area (Å²) in [6.45, 7) is 4.93. The molecule has 94 valence electrons. The third kappa shape index (κ3) is 3.30. The van der Waals surface area contributed by atoms with Crippen molar-refractivity contribution in [1.29, 1.82) is 0 Å². The van der Waals surface area contributed by atoms with Gasteiger partial charge < -0.3 is 9.84 Å². The smallest absolute Gasteiger partial charge is 0.234 e. The molecule has 0 atom stereocenters. The topological polar surface area (TPSA) is 58.4 Å². The molecule has 1 aliphatic rings. The van der Waals surface area contributed by atoms with Crippen LogP contribution < -0.4 is 5.32 Å². The van der Waals surface area contributed by atoms with Crippen LogP contribution in [-0.2, 0) is 11.3 Å². The van der Waals surface area contributed by atoms with Crippen LogP contribution in [0.2, 0.25) is 0 Å².